The number of nitrogens with one attached hydrogen (secondary N) is 1. The monoisotopic (exact) mass is 288 g/mol. The zero-order valence-corrected chi connectivity index (χ0v) is 13.6. The van der Waals surface area contributed by atoms with E-state index in [2.05, 4.69) is 42.3 Å². The Labute approximate surface area is 128 Å². The minimum absolute atomic E-state index is 0.635. The molecule has 3 nitrogen and oxygen atoms in total. The van der Waals surface area contributed by atoms with Crippen molar-refractivity contribution in [2.75, 3.05) is 20.2 Å². The summed E-state index contributed by atoms with van der Waals surface area (Å²) >= 11 is 0. The largest absolute Gasteiger partial charge is 0.496 e. The quantitative estimate of drug-likeness (QED) is 0.901. The van der Waals surface area contributed by atoms with Crippen LogP contribution in [-0.2, 0) is 6.54 Å². The molecule has 2 fully saturated rings. The molecule has 1 aromatic carbocycles. The lowest BCUT2D eigenvalue weighted by atomic mass is 10.0. The lowest BCUT2D eigenvalue weighted by Gasteiger charge is -2.41. The van der Waals surface area contributed by atoms with Crippen molar-refractivity contribution in [3.63, 3.8) is 0 Å². The minimum Gasteiger partial charge on any atom is -0.496 e. The van der Waals surface area contributed by atoms with E-state index in [1.54, 1.807) is 7.11 Å². The molecule has 0 amide bonds. The van der Waals surface area contributed by atoms with E-state index >= 15 is 0 Å². The van der Waals surface area contributed by atoms with Crippen LogP contribution in [0.2, 0.25) is 0 Å². The van der Waals surface area contributed by atoms with Gasteiger partial charge in [-0.05, 0) is 38.2 Å². The molecule has 1 heterocycles. The van der Waals surface area contributed by atoms with E-state index in [1.165, 1.54) is 30.4 Å². The van der Waals surface area contributed by atoms with Gasteiger partial charge in [0.1, 0.15) is 5.75 Å². The van der Waals surface area contributed by atoms with Gasteiger partial charge in [0.05, 0.1) is 7.11 Å². The number of ether oxygens (including phenoxy) is 1. The van der Waals surface area contributed by atoms with Crippen LogP contribution in [-0.4, -0.2) is 37.2 Å². The van der Waals surface area contributed by atoms with Crippen LogP contribution in [0.3, 0.4) is 0 Å². The van der Waals surface area contributed by atoms with Gasteiger partial charge in [-0.15, -0.1) is 0 Å². The Kier molecular flexibility index (Phi) is 4.51. The van der Waals surface area contributed by atoms with Gasteiger partial charge in [-0.1, -0.05) is 24.6 Å². The molecule has 1 N–H and O–H groups in total. The van der Waals surface area contributed by atoms with Crippen molar-refractivity contribution >= 4 is 0 Å². The van der Waals surface area contributed by atoms with Crippen LogP contribution in [0.25, 0.3) is 0 Å². The standard InChI is InChI=1S/C18H28N2O/c1-4-16-12-20(17(10-19-16)14-6-7-14)11-15-9-13(2)5-8-18(15)21-3/h5,8-9,14,16-17,19H,4,6-7,10-12H2,1-3H3. The summed E-state index contributed by atoms with van der Waals surface area (Å²) in [5.41, 5.74) is 2.65. The summed E-state index contributed by atoms with van der Waals surface area (Å²) in [6, 6.07) is 7.86. The third kappa shape index (κ3) is 3.41. The number of hydrogen-bond acceptors (Lipinski definition) is 3. The molecule has 3 heteroatoms. The highest BCUT2D eigenvalue weighted by Gasteiger charge is 2.38. The number of hydrogen-bond donors (Lipinski definition) is 1. The zero-order chi connectivity index (χ0) is 14.8. The summed E-state index contributed by atoms with van der Waals surface area (Å²) in [7, 11) is 1.78. The van der Waals surface area contributed by atoms with Crippen LogP contribution < -0.4 is 10.1 Å². The number of aryl methyl sites for hydroxylation is 1. The molecule has 1 aliphatic carbocycles. The van der Waals surface area contributed by atoms with Crippen molar-refractivity contribution in [3.8, 4) is 5.75 Å². The molecule has 0 spiro atoms. The molecule has 21 heavy (non-hydrogen) atoms. The predicted molar refractivity (Wildman–Crippen MR) is 86.7 cm³/mol. The summed E-state index contributed by atoms with van der Waals surface area (Å²) in [5.74, 6) is 1.94. The van der Waals surface area contributed by atoms with Crippen LogP contribution in [0.4, 0.5) is 0 Å². The summed E-state index contributed by atoms with van der Waals surface area (Å²) in [6.07, 6.45) is 4.02. The van der Waals surface area contributed by atoms with Crippen molar-refractivity contribution in [2.45, 2.75) is 51.7 Å². The Hall–Kier alpha value is -1.06. The lowest BCUT2D eigenvalue weighted by Crippen LogP contribution is -2.56. The first-order valence-electron chi connectivity index (χ1n) is 8.32. The maximum atomic E-state index is 5.56. The fraction of sp³-hybridized carbons (Fsp3) is 0.667. The van der Waals surface area contributed by atoms with Crippen LogP contribution in [0.15, 0.2) is 18.2 Å². The van der Waals surface area contributed by atoms with Gasteiger partial charge in [-0.25, -0.2) is 0 Å². The Balaban J connectivity index is 1.78. The minimum atomic E-state index is 0.635. The topological polar surface area (TPSA) is 24.5 Å². The molecule has 1 aromatic rings. The highest BCUT2D eigenvalue weighted by molar-refractivity contribution is 5.37. The molecule has 1 aliphatic heterocycles. The van der Waals surface area contributed by atoms with Gasteiger partial charge in [0, 0.05) is 37.3 Å². The average molecular weight is 288 g/mol. The summed E-state index contributed by atoms with van der Waals surface area (Å²) < 4.78 is 5.56. The Morgan fingerprint density at radius 3 is 2.81 bits per heavy atom. The third-order valence-corrected chi connectivity index (χ3v) is 5.01. The molecule has 1 saturated heterocycles. The normalized spacial score (nSPS) is 26.8. The summed E-state index contributed by atoms with van der Waals surface area (Å²) in [5, 5.41) is 3.72. The SMILES string of the molecule is CCC1CN(Cc2cc(C)ccc2OC)C(C2CC2)CN1. The number of nitrogens with zero attached hydrogens (tertiary/aromatic N) is 1. The molecule has 0 radical (unpaired) electrons. The second-order valence-corrected chi connectivity index (χ2v) is 6.66. The van der Waals surface area contributed by atoms with Crippen molar-refractivity contribution < 1.29 is 4.74 Å². The molecular formula is C18H28N2O. The zero-order valence-electron chi connectivity index (χ0n) is 13.6. The molecule has 116 valence electrons. The van der Waals surface area contributed by atoms with E-state index in [-0.39, 0.29) is 0 Å². The van der Waals surface area contributed by atoms with Crippen molar-refractivity contribution in [2.24, 2.45) is 5.92 Å². The van der Waals surface area contributed by atoms with Crippen molar-refractivity contribution in [1.82, 2.24) is 10.2 Å². The molecule has 2 atom stereocenters. The highest BCUT2D eigenvalue weighted by Crippen LogP contribution is 2.37. The summed E-state index contributed by atoms with van der Waals surface area (Å²) in [6.45, 7) is 7.77. The van der Waals surface area contributed by atoms with Crippen LogP contribution >= 0.6 is 0 Å². The molecule has 3 rings (SSSR count). The first-order chi connectivity index (χ1) is 10.2. The summed E-state index contributed by atoms with van der Waals surface area (Å²) in [4.78, 5) is 2.69. The van der Waals surface area contributed by atoms with Gasteiger partial charge < -0.3 is 10.1 Å². The van der Waals surface area contributed by atoms with Gasteiger partial charge in [0.25, 0.3) is 0 Å². The van der Waals surface area contributed by atoms with E-state index in [0.717, 1.165) is 31.3 Å². The maximum absolute atomic E-state index is 5.56. The Bertz CT molecular complexity index is 484. The number of methoxy groups -OCH3 is 1. The van der Waals surface area contributed by atoms with Gasteiger partial charge >= 0.3 is 0 Å². The van der Waals surface area contributed by atoms with Crippen molar-refractivity contribution in [3.05, 3.63) is 29.3 Å². The molecule has 2 unspecified atom stereocenters. The molecule has 0 aromatic heterocycles. The highest BCUT2D eigenvalue weighted by atomic mass is 16.5. The first-order valence-corrected chi connectivity index (χ1v) is 8.32. The number of rotatable bonds is 5. The van der Waals surface area contributed by atoms with E-state index in [0.29, 0.717) is 12.1 Å². The van der Waals surface area contributed by atoms with Gasteiger partial charge in [0.15, 0.2) is 0 Å². The number of piperazine rings is 1. The fourth-order valence-corrected chi connectivity index (χ4v) is 3.55. The van der Waals surface area contributed by atoms with Crippen molar-refractivity contribution in [1.29, 1.82) is 0 Å². The molecular weight excluding hydrogens is 260 g/mol. The van der Waals surface area contributed by atoms with Gasteiger partial charge in [-0.3, -0.25) is 4.90 Å². The van der Waals surface area contributed by atoms with Crippen LogP contribution in [0.5, 0.6) is 5.75 Å². The first kappa shape index (κ1) is 14.9. The van der Waals surface area contributed by atoms with E-state index in [9.17, 15) is 0 Å². The lowest BCUT2D eigenvalue weighted by molar-refractivity contribution is 0.105. The molecule has 1 saturated carbocycles. The van der Waals surface area contributed by atoms with Crippen LogP contribution in [0, 0.1) is 12.8 Å². The second kappa shape index (κ2) is 6.37. The maximum Gasteiger partial charge on any atom is 0.123 e. The number of benzene rings is 1. The third-order valence-electron chi connectivity index (χ3n) is 5.01. The van der Waals surface area contributed by atoms with Gasteiger partial charge in [0.2, 0.25) is 0 Å². The fourth-order valence-electron chi connectivity index (χ4n) is 3.55. The average Bonchev–Trinajstić information content (AvgIpc) is 3.32. The predicted octanol–water partition coefficient (Wildman–Crippen LogP) is 2.97. The Morgan fingerprint density at radius 1 is 1.33 bits per heavy atom. The molecule has 2 aliphatic rings. The molecule has 0 bridgehead atoms. The van der Waals surface area contributed by atoms with Crippen LogP contribution in [0.1, 0.15) is 37.3 Å². The second-order valence-electron chi connectivity index (χ2n) is 6.66. The van der Waals surface area contributed by atoms with Gasteiger partial charge in [-0.2, -0.15) is 0 Å². The van der Waals surface area contributed by atoms with E-state index < -0.39 is 0 Å². The van der Waals surface area contributed by atoms with E-state index in [4.69, 9.17) is 4.74 Å². The smallest absolute Gasteiger partial charge is 0.123 e. The Morgan fingerprint density at radius 2 is 2.14 bits per heavy atom. The van der Waals surface area contributed by atoms with E-state index in [1.807, 2.05) is 0 Å².